The van der Waals surface area contributed by atoms with E-state index in [0.29, 0.717) is 61.9 Å². The molecule has 21 heteroatoms. The standard InChI is InChI=1S/C50H61ClN10O9S/c1-29(2)70-40-26-34(31(5)25-38(40)57-50-54-27-35(51)46(59-50)56-36-12-6-7-14-41(36)71(68,69)30(3)4)32-17-22-60(23-18-32)24-19-42(62)53-21-9-8-20-52-28-44(64)55-37-13-10-11-33-45(37)49(67)61(48(33)66)39-15-16-43(63)58-47(39)65/h6-7,10-14,25-27,29-30,32,39,52H,8-9,15-24,28H2,1-5H3,(H,53,62)(H,55,64)(H,58,63,65)(H2,54,56,57,59). The molecule has 7 rings (SSSR count). The number of nitrogens with zero attached hydrogens (tertiary/aromatic N) is 4. The zero-order valence-electron chi connectivity index (χ0n) is 40.5. The summed E-state index contributed by atoms with van der Waals surface area (Å²) in [5.74, 6) is -1.54. The van der Waals surface area contributed by atoms with Crippen LogP contribution in [-0.2, 0) is 29.0 Å². The zero-order valence-corrected chi connectivity index (χ0v) is 42.1. The molecule has 2 fully saturated rings. The number of anilines is 5. The van der Waals surface area contributed by atoms with Gasteiger partial charge in [0.2, 0.25) is 29.6 Å². The van der Waals surface area contributed by atoms with Gasteiger partial charge in [-0.1, -0.05) is 29.8 Å². The van der Waals surface area contributed by atoms with Crippen LogP contribution in [0.4, 0.5) is 28.8 Å². The number of para-hydroxylation sites is 1. The van der Waals surface area contributed by atoms with E-state index in [2.05, 4.69) is 59.8 Å². The number of imide groups is 2. The van der Waals surface area contributed by atoms with E-state index in [1.54, 1.807) is 44.2 Å². The average molecular weight is 1010 g/mol. The van der Waals surface area contributed by atoms with Gasteiger partial charge in [-0.15, -0.1) is 0 Å². The summed E-state index contributed by atoms with van der Waals surface area (Å²) >= 11 is 6.51. The van der Waals surface area contributed by atoms with Gasteiger partial charge in [-0.3, -0.25) is 39.0 Å². The summed E-state index contributed by atoms with van der Waals surface area (Å²) in [7, 11) is -3.59. The minimum atomic E-state index is -3.59. The van der Waals surface area contributed by atoms with E-state index >= 15 is 0 Å². The van der Waals surface area contributed by atoms with Crippen molar-refractivity contribution in [3.05, 3.63) is 88.1 Å². The summed E-state index contributed by atoms with van der Waals surface area (Å²) in [4.78, 5) is 88.3. The quantitative estimate of drug-likeness (QED) is 0.0414. The van der Waals surface area contributed by atoms with E-state index in [1.807, 2.05) is 19.9 Å². The number of fused-ring (bicyclic) bond motifs is 1. The van der Waals surface area contributed by atoms with E-state index in [4.69, 9.17) is 16.3 Å². The van der Waals surface area contributed by atoms with Crippen LogP contribution < -0.4 is 36.6 Å². The van der Waals surface area contributed by atoms with Crippen LogP contribution >= 0.6 is 11.6 Å². The molecule has 1 atom stereocenters. The van der Waals surface area contributed by atoms with Crippen molar-refractivity contribution < 1.29 is 41.9 Å². The van der Waals surface area contributed by atoms with E-state index in [-0.39, 0.29) is 69.9 Å². The third kappa shape index (κ3) is 12.7. The van der Waals surface area contributed by atoms with Gasteiger partial charge in [-0.2, -0.15) is 4.98 Å². The van der Waals surface area contributed by atoms with Gasteiger partial charge in [0, 0.05) is 25.9 Å². The summed E-state index contributed by atoms with van der Waals surface area (Å²) in [6.45, 7) is 12.5. The molecule has 0 radical (unpaired) electrons. The smallest absolute Gasteiger partial charge is 0.264 e. The third-order valence-electron chi connectivity index (χ3n) is 12.6. The minimum absolute atomic E-state index is 0.00563. The number of hydrogen-bond acceptors (Lipinski definition) is 15. The largest absolute Gasteiger partial charge is 0.489 e. The molecule has 2 saturated heterocycles. The monoisotopic (exact) mass is 1010 g/mol. The molecule has 6 N–H and O–H groups in total. The van der Waals surface area contributed by atoms with Crippen molar-refractivity contribution in [1.82, 2.24) is 35.7 Å². The molecule has 378 valence electrons. The van der Waals surface area contributed by atoms with E-state index in [1.165, 1.54) is 23.9 Å². The van der Waals surface area contributed by atoms with Crippen LogP contribution in [-0.4, -0.2) is 120 Å². The normalized spacial score (nSPS) is 16.6. The fourth-order valence-corrected chi connectivity index (χ4v) is 10.2. The lowest BCUT2D eigenvalue weighted by Gasteiger charge is -2.33. The topological polar surface area (TPSA) is 250 Å². The number of piperidine rings is 2. The molecule has 71 heavy (non-hydrogen) atoms. The van der Waals surface area contributed by atoms with E-state index < -0.39 is 50.7 Å². The van der Waals surface area contributed by atoms with Crippen LogP contribution in [0.25, 0.3) is 0 Å². The molecule has 0 spiro atoms. The van der Waals surface area contributed by atoms with Crippen molar-refractivity contribution in [2.45, 2.75) is 108 Å². The molecule has 0 aliphatic carbocycles. The lowest BCUT2D eigenvalue weighted by molar-refractivity contribution is -0.136. The van der Waals surface area contributed by atoms with Gasteiger partial charge < -0.3 is 36.2 Å². The lowest BCUT2D eigenvalue weighted by atomic mass is 9.86. The molecule has 6 amide bonds. The molecule has 0 saturated carbocycles. The van der Waals surface area contributed by atoms with Crippen LogP contribution in [0.1, 0.15) is 110 Å². The zero-order chi connectivity index (χ0) is 51.0. The highest BCUT2D eigenvalue weighted by atomic mass is 35.5. The van der Waals surface area contributed by atoms with Gasteiger partial charge >= 0.3 is 0 Å². The number of ether oxygens (including phenoxy) is 1. The van der Waals surface area contributed by atoms with Crippen LogP contribution in [0.2, 0.25) is 5.02 Å². The number of sulfone groups is 1. The Labute approximate surface area is 418 Å². The maximum atomic E-state index is 13.3. The highest BCUT2D eigenvalue weighted by Gasteiger charge is 2.45. The maximum absolute atomic E-state index is 13.3. The molecule has 3 aromatic carbocycles. The summed E-state index contributed by atoms with van der Waals surface area (Å²) in [6, 6.07) is 14.2. The summed E-state index contributed by atoms with van der Waals surface area (Å²) in [5.41, 5.74) is 3.55. The number of hydrogen-bond donors (Lipinski definition) is 6. The molecule has 4 aromatic rings. The molecule has 1 unspecified atom stereocenters. The first-order chi connectivity index (χ1) is 33.9. The molecule has 4 heterocycles. The van der Waals surface area contributed by atoms with Crippen molar-refractivity contribution in [1.29, 1.82) is 0 Å². The van der Waals surface area contributed by atoms with Gasteiger partial charge in [-0.25, -0.2) is 13.4 Å². The Morgan fingerprint density at radius 2 is 1.62 bits per heavy atom. The van der Waals surface area contributed by atoms with Gasteiger partial charge in [0.05, 0.1) is 57.2 Å². The van der Waals surface area contributed by atoms with Crippen molar-refractivity contribution in [2.75, 3.05) is 55.2 Å². The second-order valence-electron chi connectivity index (χ2n) is 18.4. The molecule has 3 aliphatic rings. The molecule has 19 nitrogen and oxygen atoms in total. The molecule has 3 aliphatic heterocycles. The summed E-state index contributed by atoms with van der Waals surface area (Å²) in [5, 5.41) is 16.9. The highest BCUT2D eigenvalue weighted by molar-refractivity contribution is 7.92. The summed E-state index contributed by atoms with van der Waals surface area (Å²) < 4.78 is 32.5. The average Bonchev–Trinajstić information content (AvgIpc) is 3.58. The van der Waals surface area contributed by atoms with Crippen LogP contribution in [0.15, 0.2) is 65.7 Å². The number of aryl methyl sites for hydroxylation is 1. The van der Waals surface area contributed by atoms with Crippen molar-refractivity contribution in [3.63, 3.8) is 0 Å². The number of unbranched alkanes of at least 4 members (excludes halogenated alkanes) is 1. The van der Waals surface area contributed by atoms with Crippen LogP contribution in [0.5, 0.6) is 5.75 Å². The second kappa shape index (κ2) is 23.2. The summed E-state index contributed by atoms with van der Waals surface area (Å²) in [6.07, 6.45) is 4.99. The Morgan fingerprint density at radius 3 is 2.35 bits per heavy atom. The number of nitrogens with one attached hydrogen (secondary N) is 6. The number of aromatic nitrogens is 2. The number of amides is 6. The third-order valence-corrected chi connectivity index (χ3v) is 15.1. The number of rotatable bonds is 21. The Kier molecular flexibility index (Phi) is 17.1. The second-order valence-corrected chi connectivity index (χ2v) is 21.3. The van der Waals surface area contributed by atoms with E-state index in [0.717, 1.165) is 36.4 Å². The minimum Gasteiger partial charge on any atom is -0.489 e. The molecular weight excluding hydrogens is 952 g/mol. The number of benzene rings is 3. The first-order valence-corrected chi connectivity index (χ1v) is 25.9. The highest BCUT2D eigenvalue weighted by Crippen LogP contribution is 2.39. The molecule has 0 bridgehead atoms. The fourth-order valence-electron chi connectivity index (χ4n) is 8.86. The van der Waals surface area contributed by atoms with Gasteiger partial charge in [0.1, 0.15) is 16.8 Å². The van der Waals surface area contributed by atoms with Gasteiger partial charge in [0.15, 0.2) is 15.7 Å². The number of halogens is 1. The van der Waals surface area contributed by atoms with Crippen molar-refractivity contribution in [2.24, 2.45) is 0 Å². The molecular formula is C50H61ClN10O9S. The van der Waals surface area contributed by atoms with Gasteiger partial charge in [-0.05, 0) is 140 Å². The maximum Gasteiger partial charge on any atom is 0.264 e. The lowest BCUT2D eigenvalue weighted by Crippen LogP contribution is -2.54. The Balaban J connectivity index is 0.823. The Hall–Kier alpha value is -6.48. The van der Waals surface area contributed by atoms with Crippen molar-refractivity contribution in [3.8, 4) is 5.75 Å². The Bertz CT molecular complexity index is 2800. The Morgan fingerprint density at radius 1 is 0.887 bits per heavy atom. The first-order valence-electron chi connectivity index (χ1n) is 24.0. The number of carbonyl (C=O) groups is 6. The first kappa shape index (κ1) is 52.3. The SMILES string of the molecule is Cc1cc(Nc2ncc(Cl)c(Nc3ccccc3S(=O)(=O)C(C)C)n2)c(OC(C)C)cc1C1CCN(CCC(=O)NCCCCNCC(=O)Nc2cccc3c2C(=O)N(C2CCC(=O)NC2=O)C3=O)CC1. The van der Waals surface area contributed by atoms with Crippen LogP contribution in [0.3, 0.4) is 0 Å². The molecule has 1 aromatic heterocycles. The van der Waals surface area contributed by atoms with E-state index in [9.17, 15) is 37.2 Å². The number of carbonyl (C=O) groups excluding carboxylic acids is 6. The predicted molar refractivity (Wildman–Crippen MR) is 269 cm³/mol. The van der Waals surface area contributed by atoms with Crippen LogP contribution in [0, 0.1) is 6.92 Å². The fraction of sp³-hybridized carbons (Fsp3) is 0.440. The predicted octanol–water partition coefficient (Wildman–Crippen LogP) is 5.99. The number of likely N-dealkylation sites (tertiary alicyclic amines) is 1. The van der Waals surface area contributed by atoms with Crippen molar-refractivity contribution >= 4 is 85.7 Å². The van der Waals surface area contributed by atoms with Gasteiger partial charge in [0.25, 0.3) is 11.8 Å².